The summed E-state index contributed by atoms with van der Waals surface area (Å²) < 4.78 is 5.22. The Bertz CT molecular complexity index is 454. The zero-order chi connectivity index (χ0) is 12.5. The summed E-state index contributed by atoms with van der Waals surface area (Å²) in [6.07, 6.45) is 0.809. The van der Waals surface area contributed by atoms with E-state index in [1.165, 1.54) is 0 Å². The highest BCUT2D eigenvalue weighted by Crippen LogP contribution is 2.37. The molecule has 1 atom stereocenters. The average Bonchev–Trinajstić information content (AvgIpc) is 2.67. The van der Waals surface area contributed by atoms with E-state index in [0.717, 1.165) is 24.3 Å². The SMILES string of the molecule is COc1cccc(C2(C#N)CCN(C)N2C)c1. The first-order valence-electron chi connectivity index (χ1n) is 5.65. The molecule has 1 fully saturated rings. The van der Waals surface area contributed by atoms with E-state index in [0.29, 0.717) is 0 Å². The molecule has 1 aromatic rings. The first-order chi connectivity index (χ1) is 8.14. The van der Waals surface area contributed by atoms with Crippen LogP contribution in [0.1, 0.15) is 12.0 Å². The molecule has 4 heteroatoms. The van der Waals surface area contributed by atoms with Gasteiger partial charge in [-0.05, 0) is 24.1 Å². The standard InChI is InChI=1S/C13H17N3O/c1-15-8-7-13(10-14,16(15)2)11-5-4-6-12(9-11)17-3/h4-6,9H,7-8H2,1-3H3. The number of methoxy groups -OCH3 is 1. The van der Waals surface area contributed by atoms with Gasteiger partial charge in [0.25, 0.3) is 0 Å². The van der Waals surface area contributed by atoms with Gasteiger partial charge in [-0.3, -0.25) is 0 Å². The first-order valence-corrected chi connectivity index (χ1v) is 5.65. The Hall–Kier alpha value is -1.57. The molecule has 4 nitrogen and oxygen atoms in total. The summed E-state index contributed by atoms with van der Waals surface area (Å²) in [4.78, 5) is 0. The summed E-state index contributed by atoms with van der Waals surface area (Å²) in [5.41, 5.74) is 0.426. The summed E-state index contributed by atoms with van der Waals surface area (Å²) in [7, 11) is 5.59. The molecule has 0 saturated carbocycles. The quantitative estimate of drug-likeness (QED) is 0.775. The Morgan fingerprint density at radius 1 is 1.41 bits per heavy atom. The van der Waals surface area contributed by atoms with Gasteiger partial charge >= 0.3 is 0 Å². The number of hydrogen-bond acceptors (Lipinski definition) is 4. The van der Waals surface area contributed by atoms with Crippen molar-refractivity contribution >= 4 is 0 Å². The second-order valence-electron chi connectivity index (χ2n) is 4.36. The van der Waals surface area contributed by atoms with E-state index in [4.69, 9.17) is 4.74 Å². The van der Waals surface area contributed by atoms with E-state index in [-0.39, 0.29) is 0 Å². The van der Waals surface area contributed by atoms with Crippen molar-refractivity contribution < 1.29 is 4.74 Å². The zero-order valence-electron chi connectivity index (χ0n) is 10.5. The van der Waals surface area contributed by atoms with Crippen molar-refractivity contribution in [2.45, 2.75) is 12.0 Å². The molecule has 0 amide bonds. The minimum absolute atomic E-state index is 0.566. The van der Waals surface area contributed by atoms with Crippen LogP contribution in [0, 0.1) is 11.3 Å². The summed E-state index contributed by atoms with van der Waals surface area (Å²) in [6.45, 7) is 0.890. The monoisotopic (exact) mass is 231 g/mol. The van der Waals surface area contributed by atoms with Crippen molar-refractivity contribution in [3.63, 3.8) is 0 Å². The molecule has 0 aliphatic carbocycles. The van der Waals surface area contributed by atoms with Crippen LogP contribution in [-0.2, 0) is 5.54 Å². The second kappa shape index (κ2) is 4.36. The Morgan fingerprint density at radius 3 is 2.71 bits per heavy atom. The molecule has 0 bridgehead atoms. The second-order valence-corrected chi connectivity index (χ2v) is 4.36. The largest absolute Gasteiger partial charge is 0.497 e. The molecule has 2 rings (SSSR count). The lowest BCUT2D eigenvalue weighted by atomic mass is 9.89. The maximum Gasteiger partial charge on any atom is 0.148 e. The Kier molecular flexibility index (Phi) is 3.05. The predicted molar refractivity (Wildman–Crippen MR) is 65.3 cm³/mol. The molecule has 90 valence electrons. The van der Waals surface area contributed by atoms with Crippen LogP contribution in [0.4, 0.5) is 0 Å². The molecule has 0 aromatic heterocycles. The molecule has 0 N–H and O–H groups in total. The van der Waals surface area contributed by atoms with Gasteiger partial charge in [0.2, 0.25) is 0 Å². The molecule has 1 aliphatic heterocycles. The van der Waals surface area contributed by atoms with Crippen LogP contribution in [-0.4, -0.2) is 37.8 Å². The number of hydrazine groups is 1. The normalized spacial score (nSPS) is 25.8. The van der Waals surface area contributed by atoms with Crippen LogP contribution in [0.15, 0.2) is 24.3 Å². The van der Waals surface area contributed by atoms with Crippen LogP contribution in [0.5, 0.6) is 5.75 Å². The number of ether oxygens (including phenoxy) is 1. The predicted octanol–water partition coefficient (Wildman–Crippen LogP) is 1.60. The van der Waals surface area contributed by atoms with Gasteiger partial charge in [0.05, 0.1) is 13.2 Å². The van der Waals surface area contributed by atoms with E-state index >= 15 is 0 Å². The van der Waals surface area contributed by atoms with Gasteiger partial charge in [0, 0.05) is 20.6 Å². The number of nitrogens with zero attached hydrogens (tertiary/aromatic N) is 3. The van der Waals surface area contributed by atoms with E-state index in [1.54, 1.807) is 7.11 Å². The Morgan fingerprint density at radius 2 is 2.18 bits per heavy atom. The van der Waals surface area contributed by atoms with Gasteiger partial charge in [-0.15, -0.1) is 0 Å². The smallest absolute Gasteiger partial charge is 0.148 e. The molecule has 17 heavy (non-hydrogen) atoms. The van der Waals surface area contributed by atoms with Gasteiger partial charge < -0.3 is 4.74 Å². The summed E-state index contributed by atoms with van der Waals surface area (Å²) in [6, 6.07) is 10.2. The van der Waals surface area contributed by atoms with E-state index in [9.17, 15) is 5.26 Å². The number of benzene rings is 1. The molecule has 1 aromatic carbocycles. The van der Waals surface area contributed by atoms with E-state index in [2.05, 4.69) is 11.1 Å². The first kappa shape index (κ1) is 11.9. The lowest BCUT2D eigenvalue weighted by molar-refractivity contribution is 0.0217. The minimum Gasteiger partial charge on any atom is -0.497 e. The Balaban J connectivity index is 2.46. The van der Waals surface area contributed by atoms with E-state index in [1.807, 2.05) is 43.4 Å². The van der Waals surface area contributed by atoms with Gasteiger partial charge in [-0.1, -0.05) is 12.1 Å². The summed E-state index contributed by atoms with van der Waals surface area (Å²) >= 11 is 0. The van der Waals surface area contributed by atoms with Crippen molar-refractivity contribution in [3.05, 3.63) is 29.8 Å². The third-order valence-corrected chi connectivity index (χ3v) is 3.59. The minimum atomic E-state index is -0.566. The maximum atomic E-state index is 9.56. The number of nitriles is 1. The van der Waals surface area contributed by atoms with Crippen molar-refractivity contribution in [2.75, 3.05) is 27.7 Å². The van der Waals surface area contributed by atoms with Crippen LogP contribution in [0.2, 0.25) is 0 Å². The van der Waals surface area contributed by atoms with Crippen molar-refractivity contribution in [2.24, 2.45) is 0 Å². The third-order valence-electron chi connectivity index (χ3n) is 3.59. The Labute approximate surface area is 102 Å². The highest BCUT2D eigenvalue weighted by atomic mass is 16.5. The van der Waals surface area contributed by atoms with Crippen molar-refractivity contribution in [1.82, 2.24) is 10.0 Å². The molecule has 1 heterocycles. The summed E-state index contributed by atoms with van der Waals surface area (Å²) in [5.74, 6) is 0.792. The third kappa shape index (κ3) is 1.78. The van der Waals surface area contributed by atoms with Crippen molar-refractivity contribution in [1.29, 1.82) is 5.26 Å². The molecular weight excluding hydrogens is 214 g/mol. The van der Waals surface area contributed by atoms with Crippen LogP contribution in [0.25, 0.3) is 0 Å². The fourth-order valence-corrected chi connectivity index (χ4v) is 2.33. The van der Waals surface area contributed by atoms with E-state index < -0.39 is 5.54 Å². The molecule has 1 aliphatic rings. The van der Waals surface area contributed by atoms with Crippen LogP contribution < -0.4 is 4.74 Å². The maximum absolute atomic E-state index is 9.56. The fraction of sp³-hybridized carbons (Fsp3) is 0.462. The highest BCUT2D eigenvalue weighted by molar-refractivity contribution is 5.38. The van der Waals surface area contributed by atoms with Gasteiger partial charge in [-0.25, -0.2) is 10.0 Å². The van der Waals surface area contributed by atoms with Gasteiger partial charge in [0.15, 0.2) is 0 Å². The molecule has 1 saturated heterocycles. The zero-order valence-corrected chi connectivity index (χ0v) is 10.5. The van der Waals surface area contributed by atoms with Crippen LogP contribution in [0.3, 0.4) is 0 Å². The topological polar surface area (TPSA) is 39.5 Å². The van der Waals surface area contributed by atoms with Gasteiger partial charge in [-0.2, -0.15) is 5.26 Å². The molecule has 0 radical (unpaired) electrons. The molecular formula is C13H17N3O. The van der Waals surface area contributed by atoms with Crippen molar-refractivity contribution in [3.8, 4) is 11.8 Å². The molecule has 0 spiro atoms. The molecule has 1 unspecified atom stereocenters. The lowest BCUT2D eigenvalue weighted by Gasteiger charge is -2.32. The number of hydrogen-bond donors (Lipinski definition) is 0. The average molecular weight is 231 g/mol. The fourth-order valence-electron chi connectivity index (χ4n) is 2.33. The number of rotatable bonds is 2. The summed E-state index contributed by atoms with van der Waals surface area (Å²) in [5, 5.41) is 13.6. The van der Waals surface area contributed by atoms with Gasteiger partial charge in [0.1, 0.15) is 11.3 Å². The lowest BCUT2D eigenvalue weighted by Crippen LogP contribution is -2.42. The highest BCUT2D eigenvalue weighted by Gasteiger charge is 2.44. The van der Waals surface area contributed by atoms with Crippen LogP contribution >= 0.6 is 0 Å².